The summed E-state index contributed by atoms with van der Waals surface area (Å²) in [7, 11) is -4.17. The number of aromatic carboxylic acids is 1. The first-order chi connectivity index (χ1) is 8.62. The quantitative estimate of drug-likeness (QED) is 0.669. The molecule has 0 bridgehead atoms. The van der Waals surface area contributed by atoms with Crippen LogP contribution in [-0.2, 0) is 14.8 Å². The molecule has 0 aromatic carbocycles. The highest BCUT2D eigenvalue weighted by atomic mass is 32.2. The van der Waals surface area contributed by atoms with Crippen molar-refractivity contribution in [3.8, 4) is 0 Å². The fourth-order valence-electron chi connectivity index (χ4n) is 1.22. The van der Waals surface area contributed by atoms with E-state index in [1.165, 1.54) is 6.92 Å². The molecule has 0 aliphatic rings. The number of furan rings is 1. The molecule has 8 nitrogen and oxygen atoms in total. The highest BCUT2D eigenvalue weighted by molar-refractivity contribution is 7.89. The van der Waals surface area contributed by atoms with Gasteiger partial charge < -0.3 is 15.3 Å². The van der Waals surface area contributed by atoms with Gasteiger partial charge in [0.05, 0.1) is 0 Å². The van der Waals surface area contributed by atoms with Gasteiger partial charge in [-0.3, -0.25) is 4.79 Å². The Morgan fingerprint density at radius 1 is 1.47 bits per heavy atom. The minimum absolute atomic E-state index is 0.133. The molecule has 0 aliphatic heterocycles. The number of carboxylic acid groups (broad SMARTS) is 1. The summed E-state index contributed by atoms with van der Waals surface area (Å²) in [5.74, 6) is -2.75. The first-order valence-electron chi connectivity index (χ1n) is 5.29. The predicted molar refractivity (Wildman–Crippen MR) is 63.9 cm³/mol. The number of amides is 1. The van der Waals surface area contributed by atoms with Crippen molar-refractivity contribution in [2.75, 3.05) is 0 Å². The van der Waals surface area contributed by atoms with Crippen LogP contribution in [0, 0.1) is 0 Å². The van der Waals surface area contributed by atoms with Crippen LogP contribution in [0.15, 0.2) is 21.6 Å². The van der Waals surface area contributed by atoms with Crippen LogP contribution in [0.5, 0.6) is 0 Å². The maximum absolute atomic E-state index is 11.9. The monoisotopic (exact) mass is 290 g/mol. The van der Waals surface area contributed by atoms with E-state index in [-0.39, 0.29) is 6.42 Å². The molecule has 0 fully saturated rings. The number of hydrogen-bond donors (Lipinski definition) is 3. The number of hydrogen-bond acceptors (Lipinski definition) is 5. The van der Waals surface area contributed by atoms with Crippen molar-refractivity contribution < 1.29 is 27.5 Å². The molecule has 1 rings (SSSR count). The molecule has 0 aliphatic carbocycles. The molecule has 1 atom stereocenters. The van der Waals surface area contributed by atoms with Crippen LogP contribution < -0.4 is 10.5 Å². The zero-order valence-electron chi connectivity index (χ0n) is 10.3. The third kappa shape index (κ3) is 3.12. The van der Waals surface area contributed by atoms with Crippen LogP contribution in [0.3, 0.4) is 0 Å². The van der Waals surface area contributed by atoms with E-state index in [4.69, 9.17) is 10.8 Å². The van der Waals surface area contributed by atoms with Crippen molar-refractivity contribution in [2.45, 2.75) is 30.9 Å². The van der Waals surface area contributed by atoms with E-state index in [0.29, 0.717) is 0 Å². The number of primary amides is 1. The van der Waals surface area contributed by atoms with Gasteiger partial charge in [-0.15, -0.1) is 0 Å². The van der Waals surface area contributed by atoms with Gasteiger partial charge >= 0.3 is 5.97 Å². The van der Waals surface area contributed by atoms with E-state index < -0.39 is 38.3 Å². The molecular weight excluding hydrogens is 276 g/mol. The molecule has 1 aromatic heterocycles. The Labute approximate surface area is 109 Å². The van der Waals surface area contributed by atoms with Crippen molar-refractivity contribution in [1.82, 2.24) is 4.72 Å². The lowest BCUT2D eigenvalue weighted by Crippen LogP contribution is -2.54. The average Bonchev–Trinajstić information content (AvgIpc) is 2.78. The Morgan fingerprint density at radius 3 is 2.42 bits per heavy atom. The molecule has 0 spiro atoms. The molecule has 19 heavy (non-hydrogen) atoms. The lowest BCUT2D eigenvalue weighted by Gasteiger charge is -2.24. The third-order valence-corrected chi connectivity index (χ3v) is 4.14. The largest absolute Gasteiger partial charge is 0.475 e. The van der Waals surface area contributed by atoms with E-state index in [1.54, 1.807) is 6.92 Å². The van der Waals surface area contributed by atoms with Gasteiger partial charge in [0.2, 0.25) is 16.8 Å². The highest BCUT2D eigenvalue weighted by Gasteiger charge is 2.36. The summed E-state index contributed by atoms with van der Waals surface area (Å²) in [5.41, 5.74) is 3.65. The number of carbonyl (C=O) groups excluding carboxylic acids is 1. The Balaban J connectivity index is 3.10. The normalized spacial score (nSPS) is 14.8. The molecule has 4 N–H and O–H groups in total. The minimum atomic E-state index is -4.17. The molecule has 0 saturated heterocycles. The smallest absolute Gasteiger partial charge is 0.371 e. The fraction of sp³-hybridized carbons (Fsp3) is 0.400. The van der Waals surface area contributed by atoms with Gasteiger partial charge in [-0.1, -0.05) is 6.92 Å². The minimum Gasteiger partial charge on any atom is -0.475 e. The highest BCUT2D eigenvalue weighted by Crippen LogP contribution is 2.18. The van der Waals surface area contributed by atoms with E-state index in [0.717, 1.165) is 12.1 Å². The second kappa shape index (κ2) is 5.02. The van der Waals surface area contributed by atoms with Crippen molar-refractivity contribution in [3.63, 3.8) is 0 Å². The van der Waals surface area contributed by atoms with Crippen molar-refractivity contribution in [2.24, 2.45) is 5.73 Å². The first kappa shape index (κ1) is 15.2. The molecule has 0 radical (unpaired) electrons. The van der Waals surface area contributed by atoms with Crippen molar-refractivity contribution >= 4 is 21.9 Å². The summed E-state index contributed by atoms with van der Waals surface area (Å²) in [6, 6.07) is 1.99. The van der Waals surface area contributed by atoms with Crippen LogP contribution in [0.2, 0.25) is 0 Å². The van der Waals surface area contributed by atoms with Gasteiger partial charge in [0.25, 0.3) is 10.0 Å². The van der Waals surface area contributed by atoms with Crippen LogP contribution in [0.25, 0.3) is 0 Å². The Bertz CT molecular complexity index is 605. The van der Waals surface area contributed by atoms with Crippen molar-refractivity contribution in [3.05, 3.63) is 17.9 Å². The van der Waals surface area contributed by atoms with Gasteiger partial charge in [0, 0.05) is 0 Å². The first-order valence-corrected chi connectivity index (χ1v) is 6.77. The lowest BCUT2D eigenvalue weighted by molar-refractivity contribution is -0.123. The zero-order valence-corrected chi connectivity index (χ0v) is 11.2. The van der Waals surface area contributed by atoms with Crippen molar-refractivity contribution in [1.29, 1.82) is 0 Å². The van der Waals surface area contributed by atoms with Gasteiger partial charge in [0.15, 0.2) is 0 Å². The van der Waals surface area contributed by atoms with E-state index in [1.807, 2.05) is 0 Å². The SMILES string of the molecule is CCC(C)(NS(=O)(=O)c1ccc(C(=O)O)o1)C(N)=O. The fourth-order valence-corrected chi connectivity index (χ4v) is 2.61. The topological polar surface area (TPSA) is 140 Å². The predicted octanol–water partition coefficient (Wildman–Crippen LogP) is -0.0899. The number of nitrogens with two attached hydrogens (primary N) is 1. The summed E-state index contributed by atoms with van der Waals surface area (Å²) in [5, 5.41) is 8.06. The van der Waals surface area contributed by atoms with Crippen LogP contribution in [0.1, 0.15) is 30.8 Å². The van der Waals surface area contributed by atoms with Crippen LogP contribution >= 0.6 is 0 Å². The summed E-state index contributed by atoms with van der Waals surface area (Å²) in [6.07, 6.45) is 0.133. The standard InChI is InChI=1S/C10H14N2O6S/c1-3-10(2,9(11)15)12-19(16,17)7-5-4-6(18-7)8(13)14/h4-5,12H,3H2,1-2H3,(H2,11,15)(H,13,14). The number of carbonyl (C=O) groups is 2. The van der Waals surface area contributed by atoms with Gasteiger partial charge in [-0.05, 0) is 25.5 Å². The lowest BCUT2D eigenvalue weighted by atomic mass is 10.0. The molecule has 1 amide bonds. The molecule has 0 saturated carbocycles. The molecule has 106 valence electrons. The zero-order chi connectivity index (χ0) is 14.8. The Morgan fingerprint density at radius 2 is 2.05 bits per heavy atom. The summed E-state index contributed by atoms with van der Waals surface area (Å²) in [4.78, 5) is 21.9. The maximum Gasteiger partial charge on any atom is 0.371 e. The van der Waals surface area contributed by atoms with E-state index >= 15 is 0 Å². The molecule has 1 unspecified atom stereocenters. The van der Waals surface area contributed by atoms with Gasteiger partial charge in [0.1, 0.15) is 5.54 Å². The van der Waals surface area contributed by atoms with E-state index in [2.05, 4.69) is 9.14 Å². The summed E-state index contributed by atoms with van der Waals surface area (Å²) < 4.78 is 30.7. The molecule has 1 heterocycles. The van der Waals surface area contributed by atoms with E-state index in [9.17, 15) is 18.0 Å². The summed E-state index contributed by atoms with van der Waals surface area (Å²) in [6.45, 7) is 2.91. The van der Waals surface area contributed by atoms with Crippen LogP contribution in [0.4, 0.5) is 0 Å². The Kier molecular flexibility index (Phi) is 4.01. The molecule has 9 heteroatoms. The molecule has 1 aromatic rings. The molecular formula is C10H14N2O6S. The second-order valence-corrected chi connectivity index (χ2v) is 5.69. The van der Waals surface area contributed by atoms with Gasteiger partial charge in [-0.25, -0.2) is 13.2 Å². The number of nitrogens with one attached hydrogen (secondary N) is 1. The average molecular weight is 290 g/mol. The maximum atomic E-state index is 11.9. The second-order valence-electron chi connectivity index (χ2n) is 4.08. The number of rotatable bonds is 6. The number of carboxylic acids is 1. The Hall–Kier alpha value is -1.87. The number of sulfonamides is 1. The third-order valence-electron chi connectivity index (χ3n) is 2.67. The summed E-state index contributed by atoms with van der Waals surface area (Å²) >= 11 is 0. The van der Waals surface area contributed by atoms with Gasteiger partial charge in [-0.2, -0.15) is 4.72 Å². The van der Waals surface area contributed by atoms with Crippen LogP contribution in [-0.4, -0.2) is 30.9 Å².